The fourth-order valence-electron chi connectivity index (χ4n) is 3.12. The fraction of sp³-hybridized carbons (Fsp3) is 0.562. The van der Waals surface area contributed by atoms with Crippen molar-refractivity contribution < 1.29 is 4.79 Å². The Bertz CT molecular complexity index is 427. The van der Waals surface area contributed by atoms with Crippen molar-refractivity contribution in [3.05, 3.63) is 35.4 Å². The molecule has 1 fully saturated rings. The van der Waals surface area contributed by atoms with Crippen LogP contribution in [0.1, 0.15) is 36.8 Å². The quantitative estimate of drug-likeness (QED) is 0.901. The van der Waals surface area contributed by atoms with Crippen molar-refractivity contribution in [2.45, 2.75) is 38.6 Å². The number of aryl methyl sites for hydroxylation is 1. The first kappa shape index (κ1) is 14.1. The van der Waals surface area contributed by atoms with Crippen LogP contribution in [0.2, 0.25) is 0 Å². The molecule has 1 heterocycles. The third-order valence-corrected chi connectivity index (χ3v) is 4.12. The van der Waals surface area contributed by atoms with E-state index >= 15 is 0 Å². The maximum atomic E-state index is 12.1. The number of amides is 1. The number of carbonyl (C=O) groups is 1. The third-order valence-electron chi connectivity index (χ3n) is 4.12. The van der Waals surface area contributed by atoms with Gasteiger partial charge in [-0.25, -0.2) is 0 Å². The molecule has 0 radical (unpaired) electrons. The van der Waals surface area contributed by atoms with Gasteiger partial charge in [-0.3, -0.25) is 4.79 Å². The predicted octanol–water partition coefficient (Wildman–Crippen LogP) is 2.31. The normalized spacial score (nSPS) is 22.8. The first-order valence-electron chi connectivity index (χ1n) is 7.18. The Kier molecular flexibility index (Phi) is 4.59. The lowest BCUT2D eigenvalue weighted by Crippen LogP contribution is -2.41. The Morgan fingerprint density at radius 3 is 2.63 bits per heavy atom. The molecule has 1 aliphatic heterocycles. The van der Waals surface area contributed by atoms with E-state index in [1.54, 1.807) is 0 Å². The summed E-state index contributed by atoms with van der Waals surface area (Å²) in [6, 6.07) is 9.12. The summed E-state index contributed by atoms with van der Waals surface area (Å²) in [4.78, 5) is 14.2. The summed E-state index contributed by atoms with van der Waals surface area (Å²) >= 11 is 0. The van der Waals surface area contributed by atoms with Crippen LogP contribution in [0.15, 0.2) is 24.3 Å². The van der Waals surface area contributed by atoms with Crippen LogP contribution >= 0.6 is 0 Å². The number of hydrogen-bond donors (Lipinski definition) is 1. The Hall–Kier alpha value is -1.35. The molecule has 19 heavy (non-hydrogen) atoms. The van der Waals surface area contributed by atoms with Gasteiger partial charge in [-0.2, -0.15) is 0 Å². The average Bonchev–Trinajstić information content (AvgIpc) is 2.83. The molecule has 2 atom stereocenters. The van der Waals surface area contributed by atoms with E-state index in [0.717, 1.165) is 19.4 Å². The summed E-state index contributed by atoms with van der Waals surface area (Å²) < 4.78 is 0. The SMILES string of the molecule is CC[C@@H]1[C@H](c2ccc(C)cc2)CCN1C(=O)CNC. The van der Waals surface area contributed by atoms with Gasteiger partial charge in [-0.1, -0.05) is 36.8 Å². The van der Waals surface area contributed by atoms with Gasteiger partial charge in [0.15, 0.2) is 0 Å². The second-order valence-corrected chi connectivity index (χ2v) is 5.40. The van der Waals surface area contributed by atoms with E-state index in [9.17, 15) is 4.79 Å². The number of carbonyl (C=O) groups excluding carboxylic acids is 1. The molecule has 0 unspecified atom stereocenters. The molecule has 1 saturated heterocycles. The Morgan fingerprint density at radius 1 is 1.37 bits per heavy atom. The smallest absolute Gasteiger partial charge is 0.236 e. The van der Waals surface area contributed by atoms with Crippen molar-refractivity contribution in [1.82, 2.24) is 10.2 Å². The van der Waals surface area contributed by atoms with Crippen LogP contribution in [0.4, 0.5) is 0 Å². The summed E-state index contributed by atoms with van der Waals surface area (Å²) in [5, 5.41) is 2.96. The van der Waals surface area contributed by atoms with Crippen molar-refractivity contribution in [2.75, 3.05) is 20.1 Å². The molecule has 0 aromatic heterocycles. The first-order chi connectivity index (χ1) is 9.17. The zero-order chi connectivity index (χ0) is 13.8. The highest BCUT2D eigenvalue weighted by atomic mass is 16.2. The topological polar surface area (TPSA) is 32.3 Å². The number of nitrogens with zero attached hydrogens (tertiary/aromatic N) is 1. The summed E-state index contributed by atoms with van der Waals surface area (Å²) in [6.45, 7) is 5.62. The maximum Gasteiger partial charge on any atom is 0.236 e. The van der Waals surface area contributed by atoms with Gasteiger partial charge >= 0.3 is 0 Å². The van der Waals surface area contributed by atoms with Crippen molar-refractivity contribution in [3.8, 4) is 0 Å². The monoisotopic (exact) mass is 260 g/mol. The molecule has 104 valence electrons. The van der Waals surface area contributed by atoms with Gasteiger partial charge in [-0.15, -0.1) is 0 Å². The van der Waals surface area contributed by atoms with E-state index in [1.807, 2.05) is 7.05 Å². The molecule has 0 bridgehead atoms. The highest BCUT2D eigenvalue weighted by molar-refractivity contribution is 5.79. The van der Waals surface area contributed by atoms with E-state index in [2.05, 4.69) is 48.3 Å². The number of rotatable bonds is 4. The Balaban J connectivity index is 2.15. The summed E-state index contributed by atoms with van der Waals surface area (Å²) in [5.74, 6) is 0.718. The summed E-state index contributed by atoms with van der Waals surface area (Å²) in [6.07, 6.45) is 2.10. The molecule has 3 heteroatoms. The van der Waals surface area contributed by atoms with Gasteiger partial charge in [-0.05, 0) is 32.4 Å². The van der Waals surface area contributed by atoms with Gasteiger partial charge in [0, 0.05) is 18.5 Å². The minimum Gasteiger partial charge on any atom is -0.338 e. The number of likely N-dealkylation sites (tertiary alicyclic amines) is 1. The van der Waals surface area contributed by atoms with Gasteiger partial charge in [0.25, 0.3) is 0 Å². The third kappa shape index (κ3) is 2.98. The van der Waals surface area contributed by atoms with Gasteiger partial charge < -0.3 is 10.2 Å². The van der Waals surface area contributed by atoms with Crippen molar-refractivity contribution in [3.63, 3.8) is 0 Å². The zero-order valence-corrected chi connectivity index (χ0v) is 12.1. The number of benzene rings is 1. The predicted molar refractivity (Wildman–Crippen MR) is 78.3 cm³/mol. The summed E-state index contributed by atoms with van der Waals surface area (Å²) in [7, 11) is 1.83. The maximum absolute atomic E-state index is 12.1. The van der Waals surface area contributed by atoms with Gasteiger partial charge in [0.2, 0.25) is 5.91 Å². The van der Waals surface area contributed by atoms with E-state index in [0.29, 0.717) is 18.5 Å². The Labute approximate surface area is 116 Å². The lowest BCUT2D eigenvalue weighted by atomic mass is 9.90. The molecule has 0 saturated carbocycles. The van der Waals surface area contributed by atoms with E-state index in [4.69, 9.17) is 0 Å². The molecular weight excluding hydrogens is 236 g/mol. The molecular formula is C16H24N2O. The van der Waals surface area contributed by atoms with Crippen LogP contribution in [0.3, 0.4) is 0 Å². The number of nitrogens with one attached hydrogen (secondary N) is 1. The minimum absolute atomic E-state index is 0.226. The van der Waals surface area contributed by atoms with Gasteiger partial charge in [0.05, 0.1) is 6.54 Å². The molecule has 1 N–H and O–H groups in total. The highest BCUT2D eigenvalue weighted by Crippen LogP contribution is 2.35. The molecule has 1 aromatic carbocycles. The average molecular weight is 260 g/mol. The van der Waals surface area contributed by atoms with Crippen LogP contribution in [-0.4, -0.2) is 37.0 Å². The lowest BCUT2D eigenvalue weighted by Gasteiger charge is -2.27. The standard InChI is InChI=1S/C16H24N2O/c1-4-15-14(13-7-5-12(2)6-8-13)9-10-18(15)16(19)11-17-3/h5-8,14-15,17H,4,9-11H2,1-3H3/t14-,15+/m0/s1. The molecule has 1 aliphatic rings. The van der Waals surface area contributed by atoms with E-state index in [-0.39, 0.29) is 5.91 Å². The number of hydrogen-bond acceptors (Lipinski definition) is 2. The summed E-state index contributed by atoms with van der Waals surface area (Å²) in [5.41, 5.74) is 2.66. The van der Waals surface area contributed by atoms with E-state index in [1.165, 1.54) is 11.1 Å². The van der Waals surface area contributed by atoms with Crippen molar-refractivity contribution in [1.29, 1.82) is 0 Å². The van der Waals surface area contributed by atoms with E-state index < -0.39 is 0 Å². The molecule has 1 amide bonds. The molecule has 0 spiro atoms. The molecule has 3 nitrogen and oxygen atoms in total. The van der Waals surface area contributed by atoms with Crippen LogP contribution in [-0.2, 0) is 4.79 Å². The lowest BCUT2D eigenvalue weighted by molar-refractivity contribution is -0.131. The zero-order valence-electron chi connectivity index (χ0n) is 12.1. The first-order valence-corrected chi connectivity index (χ1v) is 7.18. The van der Waals surface area contributed by atoms with Gasteiger partial charge in [0.1, 0.15) is 0 Å². The minimum atomic E-state index is 0.226. The molecule has 1 aromatic rings. The van der Waals surface area contributed by atoms with Crippen LogP contribution in [0.5, 0.6) is 0 Å². The fourth-order valence-corrected chi connectivity index (χ4v) is 3.12. The van der Waals surface area contributed by atoms with Crippen molar-refractivity contribution >= 4 is 5.91 Å². The largest absolute Gasteiger partial charge is 0.338 e. The van der Waals surface area contributed by atoms with Crippen molar-refractivity contribution in [2.24, 2.45) is 0 Å². The highest BCUT2D eigenvalue weighted by Gasteiger charge is 2.35. The molecule has 0 aliphatic carbocycles. The second-order valence-electron chi connectivity index (χ2n) is 5.40. The van der Waals surface area contributed by atoms with Crippen LogP contribution in [0, 0.1) is 6.92 Å². The Morgan fingerprint density at radius 2 is 2.05 bits per heavy atom. The number of likely N-dealkylation sites (N-methyl/N-ethyl adjacent to an activating group) is 1. The molecule has 2 rings (SSSR count). The second kappa shape index (κ2) is 6.20. The van der Waals surface area contributed by atoms with Crippen LogP contribution < -0.4 is 5.32 Å². The van der Waals surface area contributed by atoms with Crippen LogP contribution in [0.25, 0.3) is 0 Å².